The van der Waals surface area contributed by atoms with Crippen LogP contribution in [-0.2, 0) is 7.05 Å². The van der Waals surface area contributed by atoms with Crippen molar-refractivity contribution in [3.05, 3.63) is 23.4 Å². The average molecular weight is 202 g/mol. The lowest BCUT2D eigenvalue weighted by molar-refractivity contribution is 0.706. The predicted octanol–water partition coefficient (Wildman–Crippen LogP) is 1.37. The lowest BCUT2D eigenvalue weighted by Crippen LogP contribution is -2.29. The third-order valence-corrected chi connectivity index (χ3v) is 2.66. The quantitative estimate of drug-likeness (QED) is 0.646. The highest BCUT2D eigenvalue weighted by Gasteiger charge is 2.19. The van der Waals surface area contributed by atoms with Gasteiger partial charge in [-0.3, -0.25) is 4.68 Å². The van der Waals surface area contributed by atoms with Crippen LogP contribution < -0.4 is 4.90 Å². The summed E-state index contributed by atoms with van der Waals surface area (Å²) in [7, 11) is 1.89. The predicted molar refractivity (Wildman–Crippen MR) is 58.6 cm³/mol. The van der Waals surface area contributed by atoms with Crippen molar-refractivity contribution < 1.29 is 0 Å². The smallest absolute Gasteiger partial charge is 0.145 e. The molecule has 0 aromatic carbocycles. The summed E-state index contributed by atoms with van der Waals surface area (Å²) in [5, 5.41) is 13.4. The lowest BCUT2D eigenvalue weighted by Gasteiger charge is -2.25. The number of nitrogens with zero attached hydrogens (tertiary/aromatic N) is 4. The van der Waals surface area contributed by atoms with E-state index in [-0.39, 0.29) is 0 Å². The first kappa shape index (κ1) is 9.78. The maximum absolute atomic E-state index is 9.10. The van der Waals surface area contributed by atoms with Crippen LogP contribution in [0.4, 0.5) is 5.82 Å². The Morgan fingerprint density at radius 3 is 2.87 bits per heavy atom. The van der Waals surface area contributed by atoms with E-state index in [1.807, 2.05) is 14.0 Å². The molecule has 0 saturated carbocycles. The van der Waals surface area contributed by atoms with Gasteiger partial charge >= 0.3 is 0 Å². The highest BCUT2D eigenvalue weighted by atomic mass is 15.4. The minimum absolute atomic E-state index is 0.702. The monoisotopic (exact) mass is 202 g/mol. The molecule has 4 nitrogen and oxygen atoms in total. The molecule has 0 unspecified atom stereocenters. The van der Waals surface area contributed by atoms with Crippen molar-refractivity contribution in [1.29, 1.82) is 5.26 Å². The molecule has 0 spiro atoms. The summed E-state index contributed by atoms with van der Waals surface area (Å²) in [5.41, 5.74) is 1.51. The van der Waals surface area contributed by atoms with Gasteiger partial charge in [0.15, 0.2) is 0 Å². The van der Waals surface area contributed by atoms with Crippen LogP contribution in [0.15, 0.2) is 12.2 Å². The highest BCUT2D eigenvalue weighted by molar-refractivity contribution is 5.57. The molecular formula is C11H14N4. The summed E-state index contributed by atoms with van der Waals surface area (Å²) in [5.74, 6) is 0.944. The molecule has 1 aliphatic heterocycles. The van der Waals surface area contributed by atoms with Gasteiger partial charge in [0.25, 0.3) is 0 Å². The van der Waals surface area contributed by atoms with Crippen molar-refractivity contribution in [1.82, 2.24) is 9.78 Å². The minimum Gasteiger partial charge on any atom is -0.352 e. The Kier molecular flexibility index (Phi) is 2.46. The summed E-state index contributed by atoms with van der Waals surface area (Å²) < 4.78 is 1.80. The Bertz CT molecular complexity index is 436. The van der Waals surface area contributed by atoms with E-state index in [1.54, 1.807) is 4.68 Å². The Morgan fingerprint density at radius 1 is 1.47 bits per heavy atom. The van der Waals surface area contributed by atoms with Crippen LogP contribution in [0.25, 0.3) is 0 Å². The van der Waals surface area contributed by atoms with Crippen LogP contribution in [0.3, 0.4) is 0 Å². The Hall–Kier alpha value is -1.76. The Labute approximate surface area is 89.4 Å². The van der Waals surface area contributed by atoms with Gasteiger partial charge in [0.2, 0.25) is 0 Å². The van der Waals surface area contributed by atoms with Gasteiger partial charge in [0.1, 0.15) is 17.5 Å². The third kappa shape index (κ3) is 1.61. The summed E-state index contributed by atoms with van der Waals surface area (Å²) in [6.07, 6.45) is 5.34. The van der Waals surface area contributed by atoms with Crippen LogP contribution in [0.1, 0.15) is 17.7 Å². The highest BCUT2D eigenvalue weighted by Crippen LogP contribution is 2.23. The number of anilines is 1. The second-order valence-corrected chi connectivity index (χ2v) is 3.73. The van der Waals surface area contributed by atoms with Crippen molar-refractivity contribution in [2.45, 2.75) is 13.3 Å². The normalized spacial score (nSPS) is 15.4. The lowest BCUT2D eigenvalue weighted by atomic mass is 10.2. The van der Waals surface area contributed by atoms with Gasteiger partial charge in [0.05, 0.1) is 5.69 Å². The maximum atomic E-state index is 9.10. The first-order valence-corrected chi connectivity index (χ1v) is 5.07. The molecule has 0 amide bonds. The topological polar surface area (TPSA) is 44.9 Å². The molecule has 1 aromatic rings. The molecule has 78 valence electrons. The van der Waals surface area contributed by atoms with Crippen molar-refractivity contribution >= 4 is 5.82 Å². The van der Waals surface area contributed by atoms with Gasteiger partial charge in [-0.05, 0) is 13.3 Å². The molecule has 1 aromatic heterocycles. The molecular weight excluding hydrogens is 188 g/mol. The largest absolute Gasteiger partial charge is 0.352 e. The molecule has 0 aliphatic carbocycles. The van der Waals surface area contributed by atoms with Gasteiger partial charge in [0, 0.05) is 20.1 Å². The molecule has 2 heterocycles. The van der Waals surface area contributed by atoms with Crippen LogP contribution in [-0.4, -0.2) is 22.9 Å². The number of nitriles is 1. The average Bonchev–Trinajstić information content (AvgIpc) is 2.54. The SMILES string of the molecule is Cc1nn(C)c(N2CC=CCC2)c1C#N. The number of aromatic nitrogens is 2. The summed E-state index contributed by atoms with van der Waals surface area (Å²) >= 11 is 0. The fraction of sp³-hybridized carbons (Fsp3) is 0.455. The fourth-order valence-corrected chi connectivity index (χ4v) is 1.97. The molecule has 4 heteroatoms. The first-order valence-electron chi connectivity index (χ1n) is 5.07. The van der Waals surface area contributed by atoms with Crippen LogP contribution >= 0.6 is 0 Å². The van der Waals surface area contributed by atoms with Crippen LogP contribution in [0, 0.1) is 18.3 Å². The second kappa shape index (κ2) is 3.77. The number of hydrogen-bond acceptors (Lipinski definition) is 3. The van der Waals surface area contributed by atoms with Gasteiger partial charge < -0.3 is 4.90 Å². The third-order valence-electron chi connectivity index (χ3n) is 2.66. The minimum atomic E-state index is 0.702. The number of hydrogen-bond donors (Lipinski definition) is 0. The van der Waals surface area contributed by atoms with E-state index in [1.165, 1.54) is 0 Å². The number of rotatable bonds is 1. The molecule has 15 heavy (non-hydrogen) atoms. The second-order valence-electron chi connectivity index (χ2n) is 3.73. The van der Waals surface area contributed by atoms with E-state index >= 15 is 0 Å². The van der Waals surface area contributed by atoms with Crippen molar-refractivity contribution in [3.8, 4) is 6.07 Å². The van der Waals surface area contributed by atoms with E-state index < -0.39 is 0 Å². The molecule has 0 N–H and O–H groups in total. The molecule has 0 fully saturated rings. The Balaban J connectivity index is 2.43. The van der Waals surface area contributed by atoms with Crippen molar-refractivity contribution in [2.24, 2.45) is 7.05 Å². The molecule has 0 saturated heterocycles. The Morgan fingerprint density at radius 2 is 2.27 bits per heavy atom. The van der Waals surface area contributed by atoms with E-state index in [9.17, 15) is 0 Å². The zero-order valence-corrected chi connectivity index (χ0v) is 9.06. The summed E-state index contributed by atoms with van der Waals surface area (Å²) in [4.78, 5) is 2.19. The van der Waals surface area contributed by atoms with Crippen molar-refractivity contribution in [3.63, 3.8) is 0 Å². The molecule has 0 bridgehead atoms. The molecule has 0 atom stereocenters. The maximum Gasteiger partial charge on any atom is 0.145 e. The van der Waals surface area contributed by atoms with E-state index in [0.717, 1.165) is 31.0 Å². The molecule has 2 rings (SSSR count). The van der Waals surface area contributed by atoms with Crippen LogP contribution in [0.5, 0.6) is 0 Å². The van der Waals surface area contributed by atoms with E-state index in [4.69, 9.17) is 5.26 Å². The first-order chi connectivity index (χ1) is 7.24. The van der Waals surface area contributed by atoms with E-state index in [2.05, 4.69) is 28.2 Å². The van der Waals surface area contributed by atoms with Gasteiger partial charge in [-0.25, -0.2) is 0 Å². The number of aryl methyl sites for hydroxylation is 2. The van der Waals surface area contributed by atoms with Crippen molar-refractivity contribution in [2.75, 3.05) is 18.0 Å². The molecule has 1 aliphatic rings. The van der Waals surface area contributed by atoms with E-state index in [0.29, 0.717) is 5.56 Å². The summed E-state index contributed by atoms with van der Waals surface area (Å²) in [6.45, 7) is 3.71. The van der Waals surface area contributed by atoms with Gasteiger partial charge in [-0.2, -0.15) is 10.4 Å². The van der Waals surface area contributed by atoms with Gasteiger partial charge in [-0.15, -0.1) is 0 Å². The zero-order valence-electron chi connectivity index (χ0n) is 9.06. The zero-order chi connectivity index (χ0) is 10.8. The fourth-order valence-electron chi connectivity index (χ4n) is 1.97. The standard InChI is InChI=1S/C11H14N4/c1-9-10(8-12)11(14(2)13-9)15-6-4-3-5-7-15/h3-4H,5-7H2,1-2H3. The molecule has 0 radical (unpaired) electrons. The van der Waals surface area contributed by atoms with Gasteiger partial charge in [-0.1, -0.05) is 12.2 Å². The summed E-state index contributed by atoms with van der Waals surface area (Å²) in [6, 6.07) is 2.23. The van der Waals surface area contributed by atoms with Crippen LogP contribution in [0.2, 0.25) is 0 Å².